The van der Waals surface area contributed by atoms with Gasteiger partial charge in [0, 0.05) is 0 Å². The molecule has 10 heteroatoms. The Morgan fingerprint density at radius 3 is 2.63 bits per heavy atom. The van der Waals surface area contributed by atoms with Crippen LogP contribution in [0.2, 0.25) is 0 Å². The van der Waals surface area contributed by atoms with Gasteiger partial charge < -0.3 is 14.8 Å². The number of aryl methyl sites for hydroxylation is 1. The number of ether oxygens (including phenoxy) is 2. The highest BCUT2D eigenvalue weighted by atomic mass is 32.1. The molecule has 0 saturated carbocycles. The van der Waals surface area contributed by atoms with Gasteiger partial charge in [-0.1, -0.05) is 17.4 Å². The fraction of sp³-hybridized carbons (Fsp3) is 0.235. The summed E-state index contributed by atoms with van der Waals surface area (Å²) in [6.45, 7) is 2.41. The van der Waals surface area contributed by atoms with Crippen LogP contribution in [0.4, 0.5) is 5.95 Å². The molecule has 0 atom stereocenters. The first kappa shape index (κ1) is 17.2. The number of methoxy groups -OCH3 is 2. The molecule has 0 aliphatic carbocycles. The van der Waals surface area contributed by atoms with Crippen molar-refractivity contribution in [1.29, 1.82) is 0 Å². The molecule has 0 fully saturated rings. The number of hydrogen-bond acceptors (Lipinski definition) is 9. The van der Waals surface area contributed by atoms with Crippen molar-refractivity contribution in [2.24, 2.45) is 0 Å². The van der Waals surface area contributed by atoms with E-state index in [1.54, 1.807) is 36.3 Å². The van der Waals surface area contributed by atoms with E-state index in [1.165, 1.54) is 0 Å². The Labute approximate surface area is 159 Å². The maximum Gasteiger partial charge on any atom is 0.243 e. The van der Waals surface area contributed by atoms with Gasteiger partial charge in [0.1, 0.15) is 22.2 Å². The van der Waals surface area contributed by atoms with Gasteiger partial charge in [0.25, 0.3) is 0 Å². The van der Waals surface area contributed by atoms with Gasteiger partial charge >= 0.3 is 0 Å². The largest absolute Gasteiger partial charge is 0.496 e. The zero-order chi connectivity index (χ0) is 18.8. The number of nitrogens with one attached hydrogen (secondary N) is 1. The third kappa shape index (κ3) is 3.38. The smallest absolute Gasteiger partial charge is 0.243 e. The van der Waals surface area contributed by atoms with Crippen LogP contribution < -0.4 is 14.8 Å². The van der Waals surface area contributed by atoms with Crippen LogP contribution in [-0.2, 0) is 6.54 Å². The van der Waals surface area contributed by atoms with E-state index in [1.807, 2.05) is 31.3 Å². The molecule has 0 radical (unpaired) electrons. The summed E-state index contributed by atoms with van der Waals surface area (Å²) in [5.74, 6) is 1.69. The Morgan fingerprint density at radius 2 is 1.93 bits per heavy atom. The molecule has 0 unspecified atom stereocenters. The number of rotatable bonds is 6. The van der Waals surface area contributed by atoms with E-state index < -0.39 is 0 Å². The monoisotopic (exact) mass is 383 g/mol. The van der Waals surface area contributed by atoms with Crippen molar-refractivity contribution < 1.29 is 9.47 Å². The zero-order valence-electron chi connectivity index (χ0n) is 15.0. The standard InChI is InChI=1S/C17H17N7O2S/c1-10-23-24-9-11(20-17(24)27-10)7-18-16-21-12(8-19-22-16)15-13(25-2)5-4-6-14(15)26-3/h4-6,8-9H,7H2,1-3H3,(H,18,21,22). The molecule has 0 amide bonds. The number of nitrogens with zero attached hydrogens (tertiary/aromatic N) is 6. The van der Waals surface area contributed by atoms with Gasteiger partial charge in [-0.15, -0.1) is 5.10 Å². The van der Waals surface area contributed by atoms with Crippen molar-refractivity contribution in [3.63, 3.8) is 0 Å². The van der Waals surface area contributed by atoms with Gasteiger partial charge in [-0.25, -0.2) is 14.5 Å². The van der Waals surface area contributed by atoms with Gasteiger partial charge in [-0.3, -0.25) is 0 Å². The Kier molecular flexibility index (Phi) is 4.55. The highest BCUT2D eigenvalue weighted by Crippen LogP contribution is 2.36. The van der Waals surface area contributed by atoms with Crippen molar-refractivity contribution in [2.75, 3.05) is 19.5 Å². The molecule has 1 aromatic carbocycles. The Balaban J connectivity index is 1.58. The minimum atomic E-state index is 0.390. The van der Waals surface area contributed by atoms with Crippen LogP contribution in [-0.4, -0.2) is 44.0 Å². The quantitative estimate of drug-likeness (QED) is 0.542. The van der Waals surface area contributed by atoms with Gasteiger partial charge in [0.15, 0.2) is 0 Å². The molecule has 0 saturated heterocycles. The van der Waals surface area contributed by atoms with Gasteiger partial charge in [0.05, 0.1) is 44.4 Å². The van der Waals surface area contributed by atoms with Gasteiger partial charge in [0.2, 0.25) is 10.9 Å². The lowest BCUT2D eigenvalue weighted by molar-refractivity contribution is 0.397. The van der Waals surface area contributed by atoms with Crippen molar-refractivity contribution in [2.45, 2.75) is 13.5 Å². The first-order chi connectivity index (χ1) is 13.2. The molecule has 3 aromatic heterocycles. The molecular weight excluding hydrogens is 366 g/mol. The van der Waals surface area contributed by atoms with Crippen molar-refractivity contribution in [1.82, 2.24) is 29.8 Å². The summed E-state index contributed by atoms with van der Waals surface area (Å²) in [6.07, 6.45) is 3.46. The van der Waals surface area contributed by atoms with Crippen LogP contribution in [0, 0.1) is 6.92 Å². The molecule has 3 heterocycles. The lowest BCUT2D eigenvalue weighted by Gasteiger charge is -2.12. The second-order valence-corrected chi connectivity index (χ2v) is 6.80. The number of aromatic nitrogens is 6. The van der Waals surface area contributed by atoms with Crippen LogP contribution in [0.25, 0.3) is 16.2 Å². The van der Waals surface area contributed by atoms with Crippen LogP contribution in [0.5, 0.6) is 11.5 Å². The molecule has 0 bridgehead atoms. The molecule has 138 valence electrons. The minimum absolute atomic E-state index is 0.390. The molecule has 27 heavy (non-hydrogen) atoms. The Bertz CT molecular complexity index is 1040. The lowest BCUT2D eigenvalue weighted by Crippen LogP contribution is -2.06. The molecule has 0 aliphatic rings. The van der Waals surface area contributed by atoms with Gasteiger partial charge in [-0.2, -0.15) is 10.2 Å². The topological polar surface area (TPSA) is 99.4 Å². The predicted molar refractivity (Wildman–Crippen MR) is 101 cm³/mol. The van der Waals surface area contributed by atoms with Crippen LogP contribution in [0.1, 0.15) is 10.7 Å². The van der Waals surface area contributed by atoms with E-state index in [4.69, 9.17) is 9.47 Å². The summed E-state index contributed by atoms with van der Waals surface area (Å²) in [6, 6.07) is 5.55. The third-order valence-electron chi connectivity index (χ3n) is 3.86. The minimum Gasteiger partial charge on any atom is -0.496 e. The van der Waals surface area contributed by atoms with Crippen molar-refractivity contribution in [3.8, 4) is 22.8 Å². The van der Waals surface area contributed by atoms with Gasteiger partial charge in [-0.05, 0) is 19.1 Å². The number of imidazole rings is 1. The Morgan fingerprint density at radius 1 is 1.15 bits per heavy atom. The zero-order valence-corrected chi connectivity index (χ0v) is 15.8. The van der Waals surface area contributed by atoms with E-state index in [2.05, 4.69) is 30.6 Å². The molecule has 0 aliphatic heterocycles. The summed E-state index contributed by atoms with van der Waals surface area (Å²) in [7, 11) is 3.21. The average molecular weight is 383 g/mol. The summed E-state index contributed by atoms with van der Waals surface area (Å²) >= 11 is 1.54. The van der Waals surface area contributed by atoms with Crippen molar-refractivity contribution in [3.05, 3.63) is 41.3 Å². The number of benzene rings is 1. The molecular formula is C17H17N7O2S. The Hall–Kier alpha value is -3.27. The number of anilines is 1. The highest BCUT2D eigenvalue weighted by Gasteiger charge is 2.15. The SMILES string of the molecule is COc1cccc(OC)c1-c1cnnc(NCc2cn3nc(C)sc3n2)n1. The van der Waals surface area contributed by atoms with Crippen LogP contribution in [0.3, 0.4) is 0 Å². The molecule has 4 rings (SSSR count). The first-order valence-electron chi connectivity index (χ1n) is 8.14. The predicted octanol–water partition coefficient (Wildman–Crippen LogP) is 2.58. The van der Waals surface area contributed by atoms with E-state index in [0.29, 0.717) is 29.7 Å². The lowest BCUT2D eigenvalue weighted by atomic mass is 10.1. The fourth-order valence-electron chi connectivity index (χ4n) is 2.70. The second-order valence-electron chi connectivity index (χ2n) is 5.64. The summed E-state index contributed by atoms with van der Waals surface area (Å²) in [5.41, 5.74) is 2.17. The summed E-state index contributed by atoms with van der Waals surface area (Å²) in [4.78, 5) is 9.92. The number of fused-ring (bicyclic) bond motifs is 1. The third-order valence-corrected chi connectivity index (χ3v) is 4.70. The van der Waals surface area contributed by atoms with Crippen LogP contribution >= 0.6 is 11.3 Å². The van der Waals surface area contributed by atoms with E-state index in [0.717, 1.165) is 21.2 Å². The van der Waals surface area contributed by atoms with Crippen molar-refractivity contribution >= 4 is 22.2 Å². The maximum atomic E-state index is 5.44. The molecule has 9 nitrogen and oxygen atoms in total. The second kappa shape index (κ2) is 7.16. The first-order valence-corrected chi connectivity index (χ1v) is 8.96. The van der Waals surface area contributed by atoms with Crippen LogP contribution in [0.15, 0.2) is 30.6 Å². The van der Waals surface area contributed by atoms with E-state index in [-0.39, 0.29) is 0 Å². The van der Waals surface area contributed by atoms with E-state index in [9.17, 15) is 0 Å². The fourth-order valence-corrected chi connectivity index (χ4v) is 3.45. The highest BCUT2D eigenvalue weighted by molar-refractivity contribution is 7.16. The molecule has 4 aromatic rings. The average Bonchev–Trinajstić information content (AvgIpc) is 3.22. The summed E-state index contributed by atoms with van der Waals surface area (Å²) in [5, 5.41) is 16.6. The van der Waals surface area contributed by atoms with E-state index >= 15 is 0 Å². The molecule has 0 spiro atoms. The number of hydrogen-bond donors (Lipinski definition) is 1. The summed E-state index contributed by atoms with van der Waals surface area (Å²) < 4.78 is 12.6. The molecule has 1 N–H and O–H groups in total. The normalized spacial score (nSPS) is 10.9. The maximum absolute atomic E-state index is 5.44.